The highest BCUT2D eigenvalue weighted by atomic mass is 79.9. The second-order valence-electron chi connectivity index (χ2n) is 2.90. The van der Waals surface area contributed by atoms with Gasteiger partial charge in [0.05, 0.1) is 12.1 Å². The van der Waals surface area contributed by atoms with E-state index in [4.69, 9.17) is 5.11 Å². The predicted molar refractivity (Wildman–Crippen MR) is 51.6 cm³/mol. The Hall–Kier alpha value is 0.350. The molecule has 0 aromatic heterocycles. The molecule has 6 heteroatoms. The minimum Gasteiger partial charge on any atom is -0.394 e. The van der Waals surface area contributed by atoms with Crippen LogP contribution in [0.25, 0.3) is 0 Å². The third-order valence-corrected chi connectivity index (χ3v) is 4.57. The predicted octanol–water partition coefficient (Wildman–Crippen LogP) is 0.419. The van der Waals surface area contributed by atoms with Crippen molar-refractivity contribution in [3.63, 3.8) is 0 Å². The standard InChI is InChI=1S/C6H14BrNO3S/c1-3-6(2,4-9)8-12(10,11)5-7/h8-9H,3-5H2,1-2H3. The molecule has 0 amide bonds. The minimum atomic E-state index is -3.29. The quantitative estimate of drug-likeness (QED) is 0.704. The molecule has 1 unspecified atom stereocenters. The maximum atomic E-state index is 11.1. The Kier molecular flexibility index (Phi) is 4.68. The van der Waals surface area contributed by atoms with Crippen LogP contribution >= 0.6 is 15.9 Å². The van der Waals surface area contributed by atoms with Gasteiger partial charge < -0.3 is 5.11 Å². The van der Waals surface area contributed by atoms with E-state index in [1.807, 2.05) is 6.92 Å². The van der Waals surface area contributed by atoms with Gasteiger partial charge in [0, 0.05) is 0 Å². The van der Waals surface area contributed by atoms with E-state index in [0.29, 0.717) is 6.42 Å². The summed E-state index contributed by atoms with van der Waals surface area (Å²) in [5.41, 5.74) is -0.743. The molecule has 0 bridgehead atoms. The SMILES string of the molecule is CCC(C)(CO)NS(=O)(=O)CBr. The van der Waals surface area contributed by atoms with Crippen molar-refractivity contribution >= 4 is 26.0 Å². The minimum absolute atomic E-state index is 0.143. The highest BCUT2D eigenvalue weighted by molar-refractivity contribution is 9.10. The number of halogens is 1. The maximum absolute atomic E-state index is 11.1. The van der Waals surface area contributed by atoms with Gasteiger partial charge in [0.1, 0.15) is 4.66 Å². The zero-order valence-corrected chi connectivity index (χ0v) is 9.57. The van der Waals surface area contributed by atoms with Crippen molar-refractivity contribution < 1.29 is 13.5 Å². The molecule has 0 fully saturated rings. The highest BCUT2D eigenvalue weighted by Gasteiger charge is 2.26. The van der Waals surface area contributed by atoms with E-state index < -0.39 is 15.6 Å². The molecular formula is C6H14BrNO3S. The van der Waals surface area contributed by atoms with E-state index in [1.54, 1.807) is 6.92 Å². The van der Waals surface area contributed by atoms with Gasteiger partial charge in [-0.3, -0.25) is 0 Å². The smallest absolute Gasteiger partial charge is 0.222 e. The van der Waals surface area contributed by atoms with Gasteiger partial charge in [-0.1, -0.05) is 22.9 Å². The number of rotatable bonds is 5. The van der Waals surface area contributed by atoms with Gasteiger partial charge in [0.25, 0.3) is 0 Å². The first kappa shape index (κ1) is 12.3. The van der Waals surface area contributed by atoms with Crippen LogP contribution in [-0.2, 0) is 10.0 Å². The summed E-state index contributed by atoms with van der Waals surface area (Å²) >= 11 is 2.85. The average molecular weight is 260 g/mol. The van der Waals surface area contributed by atoms with Crippen LogP contribution in [0.2, 0.25) is 0 Å². The van der Waals surface area contributed by atoms with Crippen LogP contribution in [0.5, 0.6) is 0 Å². The molecule has 4 nitrogen and oxygen atoms in total. The van der Waals surface area contributed by atoms with Crippen LogP contribution in [0, 0.1) is 0 Å². The molecule has 0 aromatic carbocycles. The summed E-state index contributed by atoms with van der Waals surface area (Å²) in [6.45, 7) is 3.27. The molecule has 0 saturated heterocycles. The number of aliphatic hydroxyl groups is 1. The van der Waals surface area contributed by atoms with E-state index in [1.165, 1.54) is 0 Å². The number of hydrogen-bond donors (Lipinski definition) is 2. The fraction of sp³-hybridized carbons (Fsp3) is 1.00. The van der Waals surface area contributed by atoms with Gasteiger partial charge in [0.2, 0.25) is 10.0 Å². The summed E-state index contributed by atoms with van der Waals surface area (Å²) in [5, 5.41) is 8.90. The number of nitrogens with one attached hydrogen (secondary N) is 1. The van der Waals surface area contributed by atoms with E-state index in [0.717, 1.165) is 0 Å². The van der Waals surface area contributed by atoms with E-state index in [-0.39, 0.29) is 11.3 Å². The van der Waals surface area contributed by atoms with Crippen LogP contribution < -0.4 is 4.72 Å². The molecule has 0 heterocycles. The highest BCUT2D eigenvalue weighted by Crippen LogP contribution is 2.10. The Balaban J connectivity index is 4.42. The Morgan fingerprint density at radius 1 is 1.58 bits per heavy atom. The van der Waals surface area contributed by atoms with Crippen molar-refractivity contribution in [2.45, 2.75) is 25.8 Å². The fourth-order valence-corrected chi connectivity index (χ4v) is 1.98. The summed E-state index contributed by atoms with van der Waals surface area (Å²) in [6.07, 6.45) is 0.551. The van der Waals surface area contributed by atoms with Crippen LogP contribution in [-0.4, -0.2) is 30.3 Å². The lowest BCUT2D eigenvalue weighted by molar-refractivity contribution is 0.191. The average Bonchev–Trinajstić information content (AvgIpc) is 2.04. The maximum Gasteiger partial charge on any atom is 0.222 e. The number of sulfonamides is 1. The third kappa shape index (κ3) is 3.84. The van der Waals surface area contributed by atoms with Gasteiger partial charge in [0.15, 0.2) is 0 Å². The van der Waals surface area contributed by atoms with Gasteiger partial charge in [-0.15, -0.1) is 0 Å². The summed E-state index contributed by atoms with van der Waals surface area (Å²) in [4.78, 5) is 0. The second-order valence-corrected chi connectivity index (χ2v) is 5.92. The molecular weight excluding hydrogens is 246 g/mol. The van der Waals surface area contributed by atoms with E-state index in [9.17, 15) is 8.42 Å². The second kappa shape index (κ2) is 4.55. The molecule has 0 aliphatic heterocycles. The molecule has 0 aliphatic carbocycles. The van der Waals surface area contributed by atoms with Crippen LogP contribution in [0.1, 0.15) is 20.3 Å². The van der Waals surface area contributed by atoms with Crippen LogP contribution in [0.4, 0.5) is 0 Å². The lowest BCUT2D eigenvalue weighted by Gasteiger charge is -2.26. The topological polar surface area (TPSA) is 66.4 Å². The zero-order valence-electron chi connectivity index (χ0n) is 7.17. The fourth-order valence-electron chi connectivity index (χ4n) is 0.619. The van der Waals surface area contributed by atoms with Crippen molar-refractivity contribution in [2.24, 2.45) is 0 Å². The first-order valence-electron chi connectivity index (χ1n) is 3.57. The molecule has 2 N–H and O–H groups in total. The van der Waals surface area contributed by atoms with Gasteiger partial charge in [-0.2, -0.15) is 0 Å². The molecule has 74 valence electrons. The normalized spacial score (nSPS) is 17.3. The first-order valence-corrected chi connectivity index (χ1v) is 6.35. The van der Waals surface area contributed by atoms with E-state index in [2.05, 4.69) is 20.7 Å². The number of alkyl halides is 1. The Bertz CT molecular complexity index is 223. The molecule has 0 radical (unpaired) electrons. The molecule has 1 atom stereocenters. The van der Waals surface area contributed by atoms with Crippen molar-refractivity contribution in [1.29, 1.82) is 0 Å². The zero-order chi connectivity index (χ0) is 9.83. The molecule has 0 rings (SSSR count). The largest absolute Gasteiger partial charge is 0.394 e. The monoisotopic (exact) mass is 259 g/mol. The van der Waals surface area contributed by atoms with Crippen molar-refractivity contribution in [3.8, 4) is 0 Å². The van der Waals surface area contributed by atoms with Crippen molar-refractivity contribution in [2.75, 3.05) is 11.3 Å². The van der Waals surface area contributed by atoms with Crippen molar-refractivity contribution in [1.82, 2.24) is 4.72 Å². The molecule has 0 aliphatic rings. The first-order chi connectivity index (χ1) is 5.39. The Labute approximate surface area is 81.5 Å². The Morgan fingerprint density at radius 3 is 2.33 bits per heavy atom. The van der Waals surface area contributed by atoms with Gasteiger partial charge in [-0.05, 0) is 13.3 Å². The molecule has 0 saturated carbocycles. The number of aliphatic hydroxyl groups excluding tert-OH is 1. The summed E-state index contributed by atoms with van der Waals surface area (Å²) < 4.78 is 24.4. The van der Waals surface area contributed by atoms with Gasteiger partial charge >= 0.3 is 0 Å². The number of hydrogen-bond acceptors (Lipinski definition) is 3. The third-order valence-electron chi connectivity index (χ3n) is 1.67. The Morgan fingerprint density at radius 2 is 2.08 bits per heavy atom. The lowest BCUT2D eigenvalue weighted by Crippen LogP contribution is -2.48. The summed E-state index contributed by atoms with van der Waals surface area (Å²) in [7, 11) is -3.29. The molecule has 0 aromatic rings. The summed E-state index contributed by atoms with van der Waals surface area (Å²) in [5.74, 6) is 0. The summed E-state index contributed by atoms with van der Waals surface area (Å²) in [6, 6.07) is 0. The van der Waals surface area contributed by atoms with Gasteiger partial charge in [-0.25, -0.2) is 13.1 Å². The lowest BCUT2D eigenvalue weighted by atomic mass is 10.0. The molecule has 12 heavy (non-hydrogen) atoms. The van der Waals surface area contributed by atoms with Crippen molar-refractivity contribution in [3.05, 3.63) is 0 Å². The van der Waals surface area contributed by atoms with Crippen LogP contribution in [0.15, 0.2) is 0 Å². The van der Waals surface area contributed by atoms with Crippen LogP contribution in [0.3, 0.4) is 0 Å². The van der Waals surface area contributed by atoms with E-state index >= 15 is 0 Å². The molecule has 0 spiro atoms.